The maximum Gasteiger partial charge on any atom is -0.0149 e. The molecular weight excluding hydrogens is 336 g/mol. The van der Waals surface area contributed by atoms with Gasteiger partial charge in [-0.15, -0.1) is 0 Å². The maximum absolute atomic E-state index is 2.49. The van der Waals surface area contributed by atoms with Crippen molar-refractivity contribution in [1.82, 2.24) is 0 Å². The quantitative estimate of drug-likeness (QED) is 0.374. The van der Waals surface area contributed by atoms with Gasteiger partial charge in [-0.3, -0.25) is 0 Å². The molecule has 0 aliphatic rings. The number of benzene rings is 3. The first-order chi connectivity index (χ1) is 13.6. The van der Waals surface area contributed by atoms with E-state index in [1.54, 1.807) is 0 Å². The molecule has 0 heteroatoms. The largest absolute Gasteiger partial charge is 0.0654 e. The highest BCUT2D eigenvalue weighted by molar-refractivity contribution is 5.77. The van der Waals surface area contributed by atoms with Crippen LogP contribution in [-0.2, 0) is 12.8 Å². The zero-order valence-corrected chi connectivity index (χ0v) is 18.0. The zero-order chi connectivity index (χ0) is 19.9. The summed E-state index contributed by atoms with van der Waals surface area (Å²) in [7, 11) is 0. The Bertz CT molecular complexity index is 805. The van der Waals surface area contributed by atoms with Crippen LogP contribution >= 0.6 is 0 Å². The molecule has 0 aliphatic carbocycles. The standard InChI is InChI=1S/C28H34/c1-5-7-9-25-19-28(24-17-13-22(4)14-18-24)26(10-8-6-2)20-27(25)23-15-11-21(3)12-16-23/h11-20H,5-10H2,1-4H3. The van der Waals surface area contributed by atoms with Crippen LogP contribution in [0.2, 0.25) is 0 Å². The second kappa shape index (κ2) is 9.73. The van der Waals surface area contributed by atoms with Crippen molar-refractivity contribution in [2.24, 2.45) is 0 Å². The van der Waals surface area contributed by atoms with E-state index in [-0.39, 0.29) is 0 Å². The molecule has 0 radical (unpaired) electrons. The summed E-state index contributed by atoms with van der Waals surface area (Å²) in [5.41, 5.74) is 11.2. The Morgan fingerprint density at radius 1 is 0.536 bits per heavy atom. The average molecular weight is 371 g/mol. The molecular formula is C28H34. The molecule has 28 heavy (non-hydrogen) atoms. The van der Waals surface area contributed by atoms with Crippen molar-refractivity contribution < 1.29 is 0 Å². The highest BCUT2D eigenvalue weighted by Crippen LogP contribution is 2.34. The molecule has 0 saturated carbocycles. The van der Waals surface area contributed by atoms with E-state index in [9.17, 15) is 0 Å². The lowest BCUT2D eigenvalue weighted by atomic mass is 9.87. The number of aryl methyl sites for hydroxylation is 4. The van der Waals surface area contributed by atoms with Crippen LogP contribution in [0.3, 0.4) is 0 Å². The van der Waals surface area contributed by atoms with Gasteiger partial charge in [0.15, 0.2) is 0 Å². The fraction of sp³-hybridized carbons (Fsp3) is 0.357. The number of unbranched alkanes of at least 4 members (excludes halogenated alkanes) is 2. The Balaban J connectivity index is 2.15. The van der Waals surface area contributed by atoms with E-state index in [4.69, 9.17) is 0 Å². The maximum atomic E-state index is 2.49. The van der Waals surface area contributed by atoms with Gasteiger partial charge in [0, 0.05) is 0 Å². The molecule has 146 valence electrons. The van der Waals surface area contributed by atoms with E-state index in [1.165, 1.54) is 70.2 Å². The molecule has 0 fully saturated rings. The molecule has 3 aromatic carbocycles. The summed E-state index contributed by atoms with van der Waals surface area (Å²) in [5.74, 6) is 0. The molecule has 0 amide bonds. The molecule has 0 saturated heterocycles. The van der Waals surface area contributed by atoms with Gasteiger partial charge in [-0.05, 0) is 72.9 Å². The molecule has 0 unspecified atom stereocenters. The minimum atomic E-state index is 1.15. The summed E-state index contributed by atoms with van der Waals surface area (Å²) in [6.45, 7) is 8.88. The Hall–Kier alpha value is -2.34. The number of hydrogen-bond donors (Lipinski definition) is 0. The highest BCUT2D eigenvalue weighted by atomic mass is 14.2. The van der Waals surface area contributed by atoms with E-state index in [2.05, 4.69) is 88.4 Å². The molecule has 0 aliphatic heterocycles. The smallest absolute Gasteiger partial charge is 0.0149 e. The highest BCUT2D eigenvalue weighted by Gasteiger charge is 2.13. The molecule has 0 heterocycles. The van der Waals surface area contributed by atoms with Gasteiger partial charge in [0.05, 0.1) is 0 Å². The summed E-state index contributed by atoms with van der Waals surface area (Å²) in [6, 6.07) is 23.1. The fourth-order valence-corrected chi connectivity index (χ4v) is 3.84. The van der Waals surface area contributed by atoms with Gasteiger partial charge in [-0.25, -0.2) is 0 Å². The lowest BCUT2D eigenvalue weighted by Crippen LogP contribution is -1.98. The molecule has 0 N–H and O–H groups in total. The predicted molar refractivity (Wildman–Crippen MR) is 124 cm³/mol. The first kappa shape index (κ1) is 20.4. The fourth-order valence-electron chi connectivity index (χ4n) is 3.84. The van der Waals surface area contributed by atoms with Gasteiger partial charge in [-0.2, -0.15) is 0 Å². The normalized spacial score (nSPS) is 11.0. The lowest BCUT2D eigenvalue weighted by Gasteiger charge is -2.18. The van der Waals surface area contributed by atoms with Crippen LogP contribution in [0.4, 0.5) is 0 Å². The number of rotatable bonds is 8. The Kier molecular flexibility index (Phi) is 7.09. The van der Waals surface area contributed by atoms with Gasteiger partial charge >= 0.3 is 0 Å². The SMILES string of the molecule is CCCCc1cc(-c2ccc(C)cc2)c(CCCC)cc1-c1ccc(C)cc1. The average Bonchev–Trinajstić information content (AvgIpc) is 2.72. The summed E-state index contributed by atoms with van der Waals surface area (Å²) >= 11 is 0. The predicted octanol–water partition coefficient (Wildman–Crippen LogP) is 8.32. The Morgan fingerprint density at radius 3 is 1.21 bits per heavy atom. The van der Waals surface area contributed by atoms with Gasteiger partial charge < -0.3 is 0 Å². The monoisotopic (exact) mass is 370 g/mol. The molecule has 0 atom stereocenters. The van der Waals surface area contributed by atoms with Gasteiger partial charge in [0.1, 0.15) is 0 Å². The van der Waals surface area contributed by atoms with Crippen LogP contribution in [0.5, 0.6) is 0 Å². The van der Waals surface area contributed by atoms with Crippen molar-refractivity contribution >= 4 is 0 Å². The summed E-state index contributed by atoms with van der Waals surface area (Å²) in [6.07, 6.45) is 7.22. The van der Waals surface area contributed by atoms with Crippen LogP contribution in [0.25, 0.3) is 22.3 Å². The third kappa shape index (κ3) is 4.93. The van der Waals surface area contributed by atoms with Crippen molar-refractivity contribution in [2.45, 2.75) is 66.2 Å². The second-order valence-corrected chi connectivity index (χ2v) is 8.11. The summed E-state index contributed by atoms with van der Waals surface area (Å²) in [5, 5.41) is 0. The van der Waals surface area contributed by atoms with E-state index in [0.29, 0.717) is 0 Å². The molecule has 0 nitrogen and oxygen atoms in total. The third-order valence-corrected chi connectivity index (χ3v) is 5.65. The van der Waals surface area contributed by atoms with E-state index >= 15 is 0 Å². The van der Waals surface area contributed by atoms with Gasteiger partial charge in [-0.1, -0.05) is 98.5 Å². The topological polar surface area (TPSA) is 0 Å². The molecule has 0 aromatic heterocycles. The second-order valence-electron chi connectivity index (χ2n) is 8.11. The number of hydrogen-bond acceptors (Lipinski definition) is 0. The van der Waals surface area contributed by atoms with Crippen molar-refractivity contribution in [2.75, 3.05) is 0 Å². The summed E-state index contributed by atoms with van der Waals surface area (Å²) < 4.78 is 0. The van der Waals surface area contributed by atoms with Crippen LogP contribution in [0.1, 0.15) is 61.8 Å². The van der Waals surface area contributed by atoms with Gasteiger partial charge in [0.2, 0.25) is 0 Å². The molecule has 0 bridgehead atoms. The van der Waals surface area contributed by atoms with E-state index in [0.717, 1.165) is 12.8 Å². The first-order valence-electron chi connectivity index (χ1n) is 10.9. The summed E-state index contributed by atoms with van der Waals surface area (Å²) in [4.78, 5) is 0. The van der Waals surface area contributed by atoms with Crippen LogP contribution in [-0.4, -0.2) is 0 Å². The Labute approximate surface area is 171 Å². The van der Waals surface area contributed by atoms with Crippen LogP contribution in [0, 0.1) is 13.8 Å². The Morgan fingerprint density at radius 2 is 0.893 bits per heavy atom. The zero-order valence-electron chi connectivity index (χ0n) is 18.0. The molecule has 3 aromatic rings. The van der Waals surface area contributed by atoms with Crippen molar-refractivity contribution in [3.63, 3.8) is 0 Å². The van der Waals surface area contributed by atoms with E-state index < -0.39 is 0 Å². The van der Waals surface area contributed by atoms with Crippen molar-refractivity contribution in [3.05, 3.63) is 82.9 Å². The lowest BCUT2D eigenvalue weighted by molar-refractivity contribution is 0.788. The van der Waals surface area contributed by atoms with Crippen molar-refractivity contribution in [1.29, 1.82) is 0 Å². The van der Waals surface area contributed by atoms with Crippen molar-refractivity contribution in [3.8, 4) is 22.3 Å². The minimum Gasteiger partial charge on any atom is -0.0654 e. The first-order valence-corrected chi connectivity index (χ1v) is 10.9. The molecule has 0 spiro atoms. The minimum absolute atomic E-state index is 1.15. The third-order valence-electron chi connectivity index (χ3n) is 5.65. The molecule has 3 rings (SSSR count). The van der Waals surface area contributed by atoms with Gasteiger partial charge in [0.25, 0.3) is 0 Å². The van der Waals surface area contributed by atoms with E-state index in [1.807, 2.05) is 0 Å². The van der Waals surface area contributed by atoms with Crippen LogP contribution < -0.4 is 0 Å². The van der Waals surface area contributed by atoms with Crippen LogP contribution in [0.15, 0.2) is 60.7 Å².